The van der Waals surface area contributed by atoms with Crippen molar-refractivity contribution in [3.8, 4) is 5.75 Å². The van der Waals surface area contributed by atoms with Gasteiger partial charge in [0.15, 0.2) is 0 Å². The summed E-state index contributed by atoms with van der Waals surface area (Å²) < 4.78 is 5.07. The number of amides is 1. The Morgan fingerprint density at radius 3 is 2.40 bits per heavy atom. The number of hydrogen-bond donors (Lipinski definition) is 3. The molecule has 0 aliphatic rings. The lowest BCUT2D eigenvalue weighted by atomic mass is 9.99. The fourth-order valence-electron chi connectivity index (χ4n) is 1.68. The van der Waals surface area contributed by atoms with Gasteiger partial charge in [-0.3, -0.25) is 9.59 Å². The number of carboxylic acid groups (broad SMARTS) is 1. The van der Waals surface area contributed by atoms with Gasteiger partial charge in [-0.05, 0) is 31.0 Å². The fourth-order valence-corrected chi connectivity index (χ4v) is 1.97. The van der Waals surface area contributed by atoms with Crippen LogP contribution in [0.15, 0.2) is 24.3 Å². The lowest BCUT2D eigenvalue weighted by molar-refractivity contribution is -0.141. The number of benzene rings is 1. The highest BCUT2D eigenvalue weighted by Crippen LogP contribution is 2.15. The van der Waals surface area contributed by atoms with E-state index in [4.69, 9.17) is 9.84 Å². The molecule has 2 N–H and O–H groups in total. The molecule has 1 unspecified atom stereocenters. The number of carbonyl (C=O) groups excluding carboxylic acids is 1. The van der Waals surface area contributed by atoms with E-state index in [1.807, 2.05) is 24.3 Å². The SMILES string of the molecule is COc1ccc(CC(CS)C(=O)N[C@@H](C)C(=O)O)cc1. The van der Waals surface area contributed by atoms with E-state index in [-0.39, 0.29) is 11.8 Å². The topological polar surface area (TPSA) is 75.6 Å². The van der Waals surface area contributed by atoms with E-state index in [1.165, 1.54) is 6.92 Å². The fraction of sp³-hybridized carbons (Fsp3) is 0.429. The van der Waals surface area contributed by atoms with Gasteiger partial charge in [-0.2, -0.15) is 12.6 Å². The molecule has 0 saturated heterocycles. The summed E-state index contributed by atoms with van der Waals surface area (Å²) >= 11 is 4.17. The molecule has 1 aromatic rings. The molecule has 20 heavy (non-hydrogen) atoms. The molecule has 0 aromatic heterocycles. The largest absolute Gasteiger partial charge is 0.497 e. The zero-order valence-corrected chi connectivity index (χ0v) is 12.4. The molecule has 0 spiro atoms. The summed E-state index contributed by atoms with van der Waals surface area (Å²) in [7, 11) is 1.59. The van der Waals surface area contributed by atoms with E-state index in [1.54, 1.807) is 7.11 Å². The van der Waals surface area contributed by atoms with Crippen LogP contribution in [-0.2, 0) is 16.0 Å². The second kappa shape index (κ2) is 7.79. The van der Waals surface area contributed by atoms with Crippen molar-refractivity contribution in [2.75, 3.05) is 12.9 Å². The molecule has 0 saturated carbocycles. The Balaban J connectivity index is 2.65. The number of methoxy groups -OCH3 is 1. The second-order valence-corrected chi connectivity index (χ2v) is 4.87. The first-order valence-corrected chi connectivity index (χ1v) is 6.88. The Kier molecular flexibility index (Phi) is 6.38. The average Bonchev–Trinajstić information content (AvgIpc) is 2.44. The number of hydrogen-bond acceptors (Lipinski definition) is 4. The average molecular weight is 297 g/mol. The quantitative estimate of drug-likeness (QED) is 0.665. The molecule has 110 valence electrons. The molecule has 6 heteroatoms. The molecule has 0 aliphatic carbocycles. The molecule has 0 aliphatic heterocycles. The predicted octanol–water partition coefficient (Wildman–Crippen LogP) is 1.37. The smallest absolute Gasteiger partial charge is 0.325 e. The minimum atomic E-state index is -1.05. The molecular formula is C14H19NO4S. The van der Waals surface area contributed by atoms with Crippen LogP contribution < -0.4 is 10.1 Å². The van der Waals surface area contributed by atoms with Crippen LogP contribution in [-0.4, -0.2) is 35.9 Å². The third kappa shape index (κ3) is 4.77. The van der Waals surface area contributed by atoms with Crippen LogP contribution in [0.25, 0.3) is 0 Å². The van der Waals surface area contributed by atoms with Crippen LogP contribution in [0.2, 0.25) is 0 Å². The summed E-state index contributed by atoms with van der Waals surface area (Å²) in [6.07, 6.45) is 0.506. The van der Waals surface area contributed by atoms with Gasteiger partial charge in [-0.25, -0.2) is 0 Å². The lowest BCUT2D eigenvalue weighted by Gasteiger charge is -2.17. The maximum Gasteiger partial charge on any atom is 0.325 e. The van der Waals surface area contributed by atoms with Crippen molar-refractivity contribution in [2.24, 2.45) is 5.92 Å². The highest BCUT2D eigenvalue weighted by atomic mass is 32.1. The lowest BCUT2D eigenvalue weighted by Crippen LogP contribution is -2.42. The Morgan fingerprint density at radius 2 is 1.95 bits per heavy atom. The van der Waals surface area contributed by atoms with E-state index >= 15 is 0 Å². The standard InChI is InChI=1S/C14H19NO4S/c1-9(14(17)18)15-13(16)11(8-20)7-10-3-5-12(19-2)6-4-10/h3-6,9,11,20H,7-8H2,1-2H3,(H,15,16)(H,17,18)/t9-,11?/m0/s1. The molecule has 5 nitrogen and oxygen atoms in total. The zero-order valence-electron chi connectivity index (χ0n) is 11.5. The van der Waals surface area contributed by atoms with Crippen molar-refractivity contribution in [3.05, 3.63) is 29.8 Å². The van der Waals surface area contributed by atoms with E-state index in [0.29, 0.717) is 12.2 Å². The maximum atomic E-state index is 12.0. The Morgan fingerprint density at radius 1 is 1.35 bits per heavy atom. The van der Waals surface area contributed by atoms with Crippen LogP contribution in [0, 0.1) is 5.92 Å². The summed E-state index contributed by atoms with van der Waals surface area (Å²) in [4.78, 5) is 22.7. The van der Waals surface area contributed by atoms with Crippen LogP contribution in [0.4, 0.5) is 0 Å². The number of rotatable bonds is 7. The number of ether oxygens (including phenoxy) is 1. The van der Waals surface area contributed by atoms with Crippen LogP contribution in [0.1, 0.15) is 12.5 Å². The first-order valence-electron chi connectivity index (χ1n) is 6.25. The molecule has 0 heterocycles. The first kappa shape index (κ1) is 16.4. The van der Waals surface area contributed by atoms with Crippen molar-refractivity contribution in [1.82, 2.24) is 5.32 Å². The van der Waals surface area contributed by atoms with E-state index < -0.39 is 12.0 Å². The molecular weight excluding hydrogens is 278 g/mol. The third-order valence-electron chi connectivity index (χ3n) is 2.96. The van der Waals surface area contributed by atoms with Gasteiger partial charge in [-0.15, -0.1) is 0 Å². The predicted molar refractivity (Wildman–Crippen MR) is 79.3 cm³/mol. The van der Waals surface area contributed by atoms with E-state index in [9.17, 15) is 9.59 Å². The Hall–Kier alpha value is -1.69. The summed E-state index contributed by atoms with van der Waals surface area (Å²) in [5.74, 6) is -0.621. The number of nitrogens with one attached hydrogen (secondary N) is 1. The number of aliphatic carboxylic acids is 1. The summed E-state index contributed by atoms with van der Waals surface area (Å²) in [5, 5.41) is 11.2. The summed E-state index contributed by atoms with van der Waals surface area (Å²) in [6, 6.07) is 6.50. The molecule has 1 rings (SSSR count). The minimum Gasteiger partial charge on any atom is -0.497 e. The van der Waals surface area contributed by atoms with Crippen molar-refractivity contribution in [2.45, 2.75) is 19.4 Å². The van der Waals surface area contributed by atoms with Crippen molar-refractivity contribution >= 4 is 24.5 Å². The van der Waals surface area contributed by atoms with E-state index in [2.05, 4.69) is 17.9 Å². The van der Waals surface area contributed by atoms with Crippen molar-refractivity contribution in [3.63, 3.8) is 0 Å². The van der Waals surface area contributed by atoms with Gasteiger partial charge in [0.25, 0.3) is 0 Å². The molecule has 0 radical (unpaired) electrons. The summed E-state index contributed by atoms with van der Waals surface area (Å²) in [5.41, 5.74) is 0.975. The number of carboxylic acids is 1. The van der Waals surface area contributed by atoms with Gasteiger partial charge in [0.1, 0.15) is 11.8 Å². The van der Waals surface area contributed by atoms with Gasteiger partial charge in [-0.1, -0.05) is 12.1 Å². The highest BCUT2D eigenvalue weighted by Gasteiger charge is 2.21. The van der Waals surface area contributed by atoms with E-state index in [0.717, 1.165) is 11.3 Å². The highest BCUT2D eigenvalue weighted by molar-refractivity contribution is 7.80. The normalized spacial score (nSPS) is 13.3. The Labute approximate surface area is 123 Å². The van der Waals surface area contributed by atoms with Gasteiger partial charge in [0, 0.05) is 5.75 Å². The maximum absolute atomic E-state index is 12.0. The van der Waals surface area contributed by atoms with Gasteiger partial charge in [0.2, 0.25) is 5.91 Å². The van der Waals surface area contributed by atoms with Gasteiger partial charge < -0.3 is 15.2 Å². The molecule has 0 fully saturated rings. The zero-order chi connectivity index (χ0) is 15.1. The molecule has 0 bridgehead atoms. The number of carbonyl (C=O) groups is 2. The Bertz CT molecular complexity index is 461. The van der Waals surface area contributed by atoms with Crippen LogP contribution in [0.3, 0.4) is 0 Å². The van der Waals surface area contributed by atoms with Crippen LogP contribution in [0.5, 0.6) is 5.75 Å². The second-order valence-electron chi connectivity index (χ2n) is 4.50. The molecule has 1 aromatic carbocycles. The summed E-state index contributed by atoms with van der Waals surface area (Å²) in [6.45, 7) is 1.43. The minimum absolute atomic E-state index is 0.300. The van der Waals surface area contributed by atoms with Crippen LogP contribution >= 0.6 is 12.6 Å². The van der Waals surface area contributed by atoms with Crippen molar-refractivity contribution in [1.29, 1.82) is 0 Å². The number of thiol groups is 1. The monoisotopic (exact) mass is 297 g/mol. The van der Waals surface area contributed by atoms with Gasteiger partial charge >= 0.3 is 5.97 Å². The first-order chi connectivity index (χ1) is 9.47. The molecule has 2 atom stereocenters. The molecule has 1 amide bonds. The third-order valence-corrected chi connectivity index (χ3v) is 3.40. The van der Waals surface area contributed by atoms with Gasteiger partial charge in [0.05, 0.1) is 13.0 Å². The van der Waals surface area contributed by atoms with Crippen molar-refractivity contribution < 1.29 is 19.4 Å².